The molecule has 5 nitrogen and oxygen atoms in total. The lowest BCUT2D eigenvalue weighted by Gasteiger charge is -2.39. The molecule has 2 saturated heterocycles. The second-order valence-electron chi connectivity index (χ2n) is 5.63. The number of halogens is 1. The molecular formula is C15H16ClN3O2S. The number of nitrogens with zero attached hydrogens (tertiary/aromatic N) is 3. The third kappa shape index (κ3) is 2.60. The predicted octanol–water partition coefficient (Wildman–Crippen LogP) is 2.85. The van der Waals surface area contributed by atoms with Gasteiger partial charge in [-0.05, 0) is 6.07 Å². The summed E-state index contributed by atoms with van der Waals surface area (Å²) in [5.74, 6) is 0. The highest BCUT2D eigenvalue weighted by atomic mass is 35.5. The zero-order chi connectivity index (χ0) is 15.0. The van der Waals surface area contributed by atoms with Crippen molar-refractivity contribution >= 4 is 28.1 Å². The van der Waals surface area contributed by atoms with Gasteiger partial charge in [-0.25, -0.2) is 0 Å². The van der Waals surface area contributed by atoms with Gasteiger partial charge in [0.2, 0.25) is 5.13 Å². The molecule has 2 aromatic rings. The fourth-order valence-corrected chi connectivity index (χ4v) is 4.11. The second kappa shape index (κ2) is 5.77. The van der Waals surface area contributed by atoms with Crippen molar-refractivity contribution in [1.29, 1.82) is 0 Å². The summed E-state index contributed by atoms with van der Waals surface area (Å²) >= 11 is 7.81. The van der Waals surface area contributed by atoms with Gasteiger partial charge < -0.3 is 14.4 Å². The quantitative estimate of drug-likeness (QED) is 0.843. The number of hydrogen-bond donors (Lipinski definition) is 0. The van der Waals surface area contributed by atoms with Crippen LogP contribution in [0.5, 0.6) is 0 Å². The molecule has 22 heavy (non-hydrogen) atoms. The normalized spacial score (nSPS) is 25.0. The highest BCUT2D eigenvalue weighted by molar-refractivity contribution is 7.18. The van der Waals surface area contributed by atoms with E-state index in [2.05, 4.69) is 15.1 Å². The van der Waals surface area contributed by atoms with Gasteiger partial charge in [-0.15, -0.1) is 10.2 Å². The standard InChI is InChI=1S/C15H16ClN3O2S/c16-12-4-2-1-3-11(12)13-17-18-14(22-13)19-6-8-21-15(9-19)5-7-20-10-15/h1-4H,5-10H2. The SMILES string of the molecule is Clc1ccccc1-c1nnc(N2CCOC3(CCOC3)C2)s1. The molecule has 2 fully saturated rings. The van der Waals surface area contributed by atoms with Crippen LogP contribution in [0.2, 0.25) is 5.02 Å². The van der Waals surface area contributed by atoms with Crippen LogP contribution in [0.25, 0.3) is 10.6 Å². The molecule has 1 spiro atoms. The number of anilines is 1. The van der Waals surface area contributed by atoms with Crippen LogP contribution in [0.3, 0.4) is 0 Å². The summed E-state index contributed by atoms with van der Waals surface area (Å²) in [6.07, 6.45) is 0.944. The summed E-state index contributed by atoms with van der Waals surface area (Å²) in [4.78, 5) is 2.25. The van der Waals surface area contributed by atoms with E-state index in [4.69, 9.17) is 21.1 Å². The third-order valence-electron chi connectivity index (χ3n) is 4.10. The Kier molecular flexibility index (Phi) is 3.78. The fraction of sp³-hybridized carbons (Fsp3) is 0.467. The Hall–Kier alpha value is -1.21. The Balaban J connectivity index is 1.58. The van der Waals surface area contributed by atoms with Crippen molar-refractivity contribution in [3.8, 4) is 10.6 Å². The first-order chi connectivity index (χ1) is 10.8. The topological polar surface area (TPSA) is 47.5 Å². The Bertz CT molecular complexity index is 672. The summed E-state index contributed by atoms with van der Waals surface area (Å²) < 4.78 is 11.5. The number of hydrogen-bond acceptors (Lipinski definition) is 6. The van der Waals surface area contributed by atoms with Gasteiger partial charge in [0, 0.05) is 25.1 Å². The van der Waals surface area contributed by atoms with E-state index in [-0.39, 0.29) is 5.60 Å². The molecule has 0 saturated carbocycles. The van der Waals surface area contributed by atoms with Gasteiger partial charge in [0.05, 0.1) is 24.8 Å². The van der Waals surface area contributed by atoms with Crippen molar-refractivity contribution in [2.75, 3.05) is 37.8 Å². The van der Waals surface area contributed by atoms with Crippen LogP contribution < -0.4 is 4.90 Å². The average Bonchev–Trinajstić information content (AvgIpc) is 3.18. The van der Waals surface area contributed by atoms with Crippen LogP contribution in [0.15, 0.2) is 24.3 Å². The first-order valence-corrected chi connectivity index (χ1v) is 8.50. The van der Waals surface area contributed by atoms with Gasteiger partial charge in [0.1, 0.15) is 5.60 Å². The van der Waals surface area contributed by atoms with Gasteiger partial charge in [-0.3, -0.25) is 0 Å². The largest absolute Gasteiger partial charge is 0.378 e. The van der Waals surface area contributed by atoms with Crippen LogP contribution in [0.1, 0.15) is 6.42 Å². The van der Waals surface area contributed by atoms with E-state index in [1.54, 1.807) is 11.3 Å². The van der Waals surface area contributed by atoms with Crippen LogP contribution in [-0.2, 0) is 9.47 Å². The smallest absolute Gasteiger partial charge is 0.208 e. The molecule has 2 aliphatic heterocycles. The van der Waals surface area contributed by atoms with Crippen LogP contribution >= 0.6 is 22.9 Å². The van der Waals surface area contributed by atoms with E-state index < -0.39 is 0 Å². The predicted molar refractivity (Wildman–Crippen MR) is 86.7 cm³/mol. The van der Waals surface area contributed by atoms with Crippen LogP contribution in [0, 0.1) is 0 Å². The Morgan fingerprint density at radius 1 is 1.23 bits per heavy atom. The van der Waals surface area contributed by atoms with Crippen molar-refractivity contribution in [1.82, 2.24) is 10.2 Å². The van der Waals surface area contributed by atoms with Gasteiger partial charge in [-0.2, -0.15) is 0 Å². The molecule has 7 heteroatoms. The number of rotatable bonds is 2. The zero-order valence-corrected chi connectivity index (χ0v) is 13.6. The average molecular weight is 338 g/mol. The van der Waals surface area contributed by atoms with Gasteiger partial charge in [0.15, 0.2) is 5.01 Å². The molecule has 1 unspecified atom stereocenters. The molecule has 2 aliphatic rings. The van der Waals surface area contributed by atoms with E-state index >= 15 is 0 Å². The fourth-order valence-electron chi connectivity index (χ4n) is 2.92. The van der Waals surface area contributed by atoms with E-state index in [9.17, 15) is 0 Å². The lowest BCUT2D eigenvalue weighted by atomic mass is 10.0. The van der Waals surface area contributed by atoms with Crippen LogP contribution in [0.4, 0.5) is 5.13 Å². The monoisotopic (exact) mass is 337 g/mol. The molecule has 4 rings (SSSR count). The number of ether oxygens (including phenoxy) is 2. The molecule has 1 aromatic heterocycles. The third-order valence-corrected chi connectivity index (χ3v) is 5.45. The number of morpholine rings is 1. The molecule has 0 radical (unpaired) electrons. The Morgan fingerprint density at radius 2 is 2.14 bits per heavy atom. The molecule has 0 N–H and O–H groups in total. The van der Waals surface area contributed by atoms with E-state index in [0.29, 0.717) is 18.2 Å². The van der Waals surface area contributed by atoms with Gasteiger partial charge in [-0.1, -0.05) is 41.1 Å². The molecule has 3 heterocycles. The van der Waals surface area contributed by atoms with Crippen molar-refractivity contribution in [3.05, 3.63) is 29.3 Å². The maximum Gasteiger partial charge on any atom is 0.208 e. The van der Waals surface area contributed by atoms with Crippen molar-refractivity contribution in [2.45, 2.75) is 12.0 Å². The minimum absolute atomic E-state index is 0.172. The zero-order valence-electron chi connectivity index (χ0n) is 12.0. The van der Waals surface area contributed by atoms with Crippen LogP contribution in [-0.4, -0.2) is 48.7 Å². The lowest BCUT2D eigenvalue weighted by molar-refractivity contribution is -0.0579. The molecule has 1 atom stereocenters. The second-order valence-corrected chi connectivity index (χ2v) is 6.99. The number of aromatic nitrogens is 2. The van der Waals surface area contributed by atoms with Crippen molar-refractivity contribution in [2.24, 2.45) is 0 Å². The molecule has 0 amide bonds. The van der Waals surface area contributed by atoms with E-state index in [1.807, 2.05) is 24.3 Å². The highest BCUT2D eigenvalue weighted by Crippen LogP contribution is 2.35. The molecule has 116 valence electrons. The highest BCUT2D eigenvalue weighted by Gasteiger charge is 2.41. The summed E-state index contributed by atoms with van der Waals surface area (Å²) in [7, 11) is 0. The maximum absolute atomic E-state index is 6.24. The Labute approximate surface area is 137 Å². The summed E-state index contributed by atoms with van der Waals surface area (Å²) in [5, 5.41) is 11.1. The maximum atomic E-state index is 6.24. The Morgan fingerprint density at radius 3 is 2.95 bits per heavy atom. The van der Waals surface area contributed by atoms with E-state index in [0.717, 1.165) is 41.8 Å². The van der Waals surface area contributed by atoms with Gasteiger partial charge >= 0.3 is 0 Å². The van der Waals surface area contributed by atoms with Crippen molar-refractivity contribution in [3.63, 3.8) is 0 Å². The molecule has 0 bridgehead atoms. The van der Waals surface area contributed by atoms with Gasteiger partial charge in [0.25, 0.3) is 0 Å². The summed E-state index contributed by atoms with van der Waals surface area (Å²) in [5.41, 5.74) is 0.758. The summed E-state index contributed by atoms with van der Waals surface area (Å²) in [6.45, 7) is 3.78. The molecular weight excluding hydrogens is 322 g/mol. The number of benzene rings is 1. The van der Waals surface area contributed by atoms with Crippen molar-refractivity contribution < 1.29 is 9.47 Å². The minimum atomic E-state index is -0.172. The van der Waals surface area contributed by atoms with E-state index in [1.165, 1.54) is 0 Å². The first-order valence-electron chi connectivity index (χ1n) is 7.31. The first kappa shape index (κ1) is 14.4. The summed E-state index contributed by atoms with van der Waals surface area (Å²) in [6, 6.07) is 7.72. The molecule has 1 aromatic carbocycles. The lowest BCUT2D eigenvalue weighted by Crippen LogP contribution is -2.52. The molecule has 0 aliphatic carbocycles. The minimum Gasteiger partial charge on any atom is -0.378 e.